The third kappa shape index (κ3) is 8.82. The molecule has 2 nitrogen and oxygen atoms in total. The third-order valence-corrected chi connectivity index (χ3v) is 3.10. The summed E-state index contributed by atoms with van der Waals surface area (Å²) >= 11 is 0. The fourth-order valence-corrected chi connectivity index (χ4v) is 1.85. The molecule has 0 saturated heterocycles. The van der Waals surface area contributed by atoms with E-state index in [1.807, 2.05) is 98.3 Å². The number of rotatable bonds is 10. The van der Waals surface area contributed by atoms with Crippen LogP contribution in [-0.2, 0) is 0 Å². The molecule has 0 aromatic heterocycles. The van der Waals surface area contributed by atoms with Crippen molar-refractivity contribution in [2.24, 2.45) is 0 Å². The summed E-state index contributed by atoms with van der Waals surface area (Å²) < 4.78 is 0. The van der Waals surface area contributed by atoms with Gasteiger partial charge in [-0.2, -0.15) is 0 Å². The molecule has 1 rings (SSSR count). The highest BCUT2D eigenvalue weighted by molar-refractivity contribution is 5.49. The van der Waals surface area contributed by atoms with Gasteiger partial charge in [0.25, 0.3) is 0 Å². The maximum Gasteiger partial charge on any atom is 0.0612 e. The zero-order valence-corrected chi connectivity index (χ0v) is 14.7. The predicted molar refractivity (Wildman–Crippen MR) is 111 cm³/mol. The molecule has 0 unspecified atom stereocenters. The second kappa shape index (κ2) is 13.2. The number of nitrogens with one attached hydrogen (secondary N) is 2. The van der Waals surface area contributed by atoms with E-state index in [1.54, 1.807) is 12.2 Å². The van der Waals surface area contributed by atoms with E-state index in [0.717, 1.165) is 17.0 Å². The van der Waals surface area contributed by atoms with Gasteiger partial charge in [0.2, 0.25) is 0 Å². The van der Waals surface area contributed by atoms with Crippen LogP contribution < -0.4 is 10.6 Å². The van der Waals surface area contributed by atoms with E-state index < -0.39 is 0 Å². The molecule has 0 amide bonds. The fourth-order valence-electron chi connectivity index (χ4n) is 1.85. The minimum absolute atomic E-state index is 0.849. The predicted octanol–water partition coefficient (Wildman–Crippen LogP) is 5.62. The molecule has 128 valence electrons. The summed E-state index contributed by atoms with van der Waals surface area (Å²) in [7, 11) is 0. The van der Waals surface area contributed by atoms with Crippen LogP contribution in [-0.4, -0.2) is 0 Å². The molecule has 25 heavy (non-hydrogen) atoms. The Hall–Kier alpha value is -3.26. The van der Waals surface area contributed by atoms with Gasteiger partial charge in [0.1, 0.15) is 0 Å². The van der Waals surface area contributed by atoms with Gasteiger partial charge in [-0.25, -0.2) is 0 Å². The maximum atomic E-state index is 3.85. The number of hydrogen-bond donors (Lipinski definition) is 2. The summed E-state index contributed by atoms with van der Waals surface area (Å²) in [6, 6.07) is 10.1. The molecule has 1 aromatic carbocycles. The highest BCUT2D eigenvalue weighted by Gasteiger charge is 1.96. The van der Waals surface area contributed by atoms with Gasteiger partial charge in [0, 0.05) is 12.4 Å². The topological polar surface area (TPSA) is 24.1 Å². The first-order chi connectivity index (χ1) is 12.3. The molecule has 0 aliphatic carbocycles. The lowest BCUT2D eigenvalue weighted by molar-refractivity contribution is 1.01. The molecule has 0 aliphatic heterocycles. The summed E-state index contributed by atoms with van der Waals surface area (Å²) in [6.45, 7) is 9.68. The van der Waals surface area contributed by atoms with Crippen molar-refractivity contribution in [3.63, 3.8) is 0 Å². The molecule has 0 aliphatic rings. The van der Waals surface area contributed by atoms with E-state index >= 15 is 0 Å². The lowest BCUT2D eigenvalue weighted by Crippen LogP contribution is -2.13. The molecule has 0 heterocycles. The van der Waals surface area contributed by atoms with Gasteiger partial charge in [-0.3, -0.25) is 0 Å². The van der Waals surface area contributed by atoms with Crippen molar-refractivity contribution in [2.75, 3.05) is 0 Å². The summed E-state index contributed by atoms with van der Waals surface area (Å²) in [6.07, 6.45) is 23.0. The number of hydrogen-bond acceptors (Lipinski definition) is 2. The number of allylic oxidation sites excluding steroid dienone is 9. The van der Waals surface area contributed by atoms with Crippen LogP contribution in [0.2, 0.25) is 0 Å². The van der Waals surface area contributed by atoms with Crippen LogP contribution in [0.5, 0.6) is 0 Å². The van der Waals surface area contributed by atoms with Crippen molar-refractivity contribution in [3.05, 3.63) is 128 Å². The second-order valence-electron chi connectivity index (χ2n) is 4.92. The summed E-state index contributed by atoms with van der Waals surface area (Å²) in [5.41, 5.74) is 2.83. The fraction of sp³-hybridized carbons (Fsp3) is 0.0435. The molecule has 0 radical (unpaired) electrons. The van der Waals surface area contributed by atoms with Crippen LogP contribution in [0.25, 0.3) is 6.08 Å². The van der Waals surface area contributed by atoms with Gasteiger partial charge in [0.05, 0.1) is 11.4 Å². The standard InChI is InChI=1S/C23H26N2/c1-4-7-8-9-10-11-15-19-24-22(5-2)23(6-3)25-20-18-21-16-13-12-14-17-21/h4-20,24-25H,2-3H2,1H3/b7-4-,9-8-,11-10+,19-15+,20-18+,23-22-. The number of benzene rings is 1. The van der Waals surface area contributed by atoms with E-state index in [1.165, 1.54) is 0 Å². The molecule has 2 N–H and O–H groups in total. The SMILES string of the molecule is C=C/C(N/C=C/C=C/C=C\C=C/C)=C(\C=C)N/C=C/c1ccccc1. The van der Waals surface area contributed by atoms with E-state index in [-0.39, 0.29) is 0 Å². The van der Waals surface area contributed by atoms with E-state index in [4.69, 9.17) is 0 Å². The minimum atomic E-state index is 0.849. The van der Waals surface area contributed by atoms with E-state index in [0.29, 0.717) is 0 Å². The highest BCUT2D eigenvalue weighted by Crippen LogP contribution is 2.04. The average molecular weight is 330 g/mol. The van der Waals surface area contributed by atoms with Gasteiger partial charge in [0.15, 0.2) is 0 Å². The molecule has 2 heteroatoms. The summed E-state index contributed by atoms with van der Waals surface area (Å²) in [5.74, 6) is 0. The van der Waals surface area contributed by atoms with Crippen LogP contribution in [0, 0.1) is 0 Å². The summed E-state index contributed by atoms with van der Waals surface area (Å²) in [5, 5.41) is 6.42. The van der Waals surface area contributed by atoms with Crippen molar-refractivity contribution in [2.45, 2.75) is 6.92 Å². The van der Waals surface area contributed by atoms with E-state index in [2.05, 4.69) is 23.8 Å². The lowest BCUT2D eigenvalue weighted by Gasteiger charge is -2.08. The summed E-state index contributed by atoms with van der Waals surface area (Å²) in [4.78, 5) is 0. The minimum Gasteiger partial charge on any atom is -0.360 e. The van der Waals surface area contributed by atoms with Crippen molar-refractivity contribution in [1.29, 1.82) is 0 Å². The first-order valence-corrected chi connectivity index (χ1v) is 8.16. The van der Waals surface area contributed by atoms with Crippen LogP contribution in [0.1, 0.15) is 12.5 Å². The Bertz CT molecular complexity index is 699. The van der Waals surface area contributed by atoms with Crippen LogP contribution in [0.4, 0.5) is 0 Å². The Morgan fingerprint density at radius 2 is 1.32 bits per heavy atom. The molecular weight excluding hydrogens is 304 g/mol. The lowest BCUT2D eigenvalue weighted by atomic mass is 10.2. The zero-order valence-electron chi connectivity index (χ0n) is 14.7. The monoisotopic (exact) mass is 330 g/mol. The molecule has 0 spiro atoms. The second-order valence-corrected chi connectivity index (χ2v) is 4.92. The Balaban J connectivity index is 2.63. The molecule has 0 fully saturated rings. The van der Waals surface area contributed by atoms with Gasteiger partial charge in [-0.15, -0.1) is 0 Å². The molecule has 1 aromatic rings. The smallest absolute Gasteiger partial charge is 0.0612 e. The highest BCUT2D eigenvalue weighted by atomic mass is 14.9. The third-order valence-electron chi connectivity index (χ3n) is 3.10. The van der Waals surface area contributed by atoms with Crippen LogP contribution in [0.15, 0.2) is 122 Å². The molecule has 0 saturated carbocycles. The van der Waals surface area contributed by atoms with Crippen molar-refractivity contribution >= 4 is 6.08 Å². The average Bonchev–Trinajstić information content (AvgIpc) is 2.65. The van der Waals surface area contributed by atoms with Crippen LogP contribution in [0.3, 0.4) is 0 Å². The normalized spacial score (nSPS) is 13.2. The largest absolute Gasteiger partial charge is 0.360 e. The Kier molecular flexibility index (Phi) is 10.5. The van der Waals surface area contributed by atoms with Crippen molar-refractivity contribution < 1.29 is 0 Å². The first kappa shape index (κ1) is 19.8. The molecular formula is C23H26N2. The Morgan fingerprint density at radius 3 is 1.92 bits per heavy atom. The Morgan fingerprint density at radius 1 is 0.760 bits per heavy atom. The maximum absolute atomic E-state index is 3.85. The van der Waals surface area contributed by atoms with Gasteiger partial charge in [-0.1, -0.05) is 79.9 Å². The quantitative estimate of drug-likeness (QED) is 0.544. The first-order valence-electron chi connectivity index (χ1n) is 8.16. The Labute approximate surface area is 151 Å². The zero-order chi connectivity index (χ0) is 18.2. The molecule has 0 atom stereocenters. The van der Waals surface area contributed by atoms with Crippen molar-refractivity contribution in [1.82, 2.24) is 10.6 Å². The van der Waals surface area contributed by atoms with Gasteiger partial charge < -0.3 is 10.6 Å². The van der Waals surface area contributed by atoms with E-state index in [9.17, 15) is 0 Å². The van der Waals surface area contributed by atoms with Gasteiger partial charge >= 0.3 is 0 Å². The molecule has 0 bridgehead atoms. The van der Waals surface area contributed by atoms with Crippen LogP contribution >= 0.6 is 0 Å². The van der Waals surface area contributed by atoms with Gasteiger partial charge in [-0.05, 0) is 36.8 Å². The van der Waals surface area contributed by atoms with Crippen molar-refractivity contribution in [3.8, 4) is 0 Å².